The summed E-state index contributed by atoms with van der Waals surface area (Å²) < 4.78 is 5.25. The minimum atomic E-state index is -0.372. The minimum Gasteiger partial charge on any atom is -0.462 e. The summed E-state index contributed by atoms with van der Waals surface area (Å²) in [6.07, 6.45) is 4.41. The van der Waals surface area contributed by atoms with Gasteiger partial charge >= 0.3 is 5.97 Å². The number of benzene rings is 1. The quantitative estimate of drug-likeness (QED) is 0.719. The fourth-order valence-electron chi connectivity index (χ4n) is 6.01. The molecule has 1 aliphatic heterocycles. The summed E-state index contributed by atoms with van der Waals surface area (Å²) in [7, 11) is 0. The van der Waals surface area contributed by atoms with Gasteiger partial charge in [0, 0.05) is 41.3 Å². The Balaban J connectivity index is 1.66. The highest BCUT2D eigenvalue weighted by Crippen LogP contribution is 2.52. The number of H-pyrrole nitrogens is 1. The highest BCUT2D eigenvalue weighted by molar-refractivity contribution is 5.94. The van der Waals surface area contributed by atoms with E-state index in [9.17, 15) is 9.59 Å². The number of carbonyl (C=O) groups is 1. The number of hydrogen-bond donors (Lipinski definition) is 1. The second-order valence-electron chi connectivity index (χ2n) is 10.6. The first-order valence-corrected chi connectivity index (χ1v) is 11.2. The van der Waals surface area contributed by atoms with Crippen LogP contribution in [0.2, 0.25) is 0 Å². The van der Waals surface area contributed by atoms with Crippen molar-refractivity contribution in [3.05, 3.63) is 45.2 Å². The molecular weight excluding hydrogens is 376 g/mol. The van der Waals surface area contributed by atoms with Crippen molar-refractivity contribution in [3.8, 4) is 0 Å². The van der Waals surface area contributed by atoms with Crippen LogP contribution in [0.3, 0.4) is 0 Å². The summed E-state index contributed by atoms with van der Waals surface area (Å²) >= 11 is 0. The van der Waals surface area contributed by atoms with Gasteiger partial charge in [0.2, 0.25) is 0 Å². The smallest absolute Gasteiger partial charge is 0.338 e. The molecule has 5 nitrogen and oxygen atoms in total. The molecule has 162 valence electrons. The Labute approximate surface area is 178 Å². The summed E-state index contributed by atoms with van der Waals surface area (Å²) in [5.74, 6) is -0.372. The summed E-state index contributed by atoms with van der Waals surface area (Å²) in [6.45, 7) is 13.2. The van der Waals surface area contributed by atoms with Crippen LogP contribution >= 0.6 is 0 Å². The van der Waals surface area contributed by atoms with E-state index < -0.39 is 0 Å². The normalized spacial score (nSPS) is 25.6. The van der Waals surface area contributed by atoms with Gasteiger partial charge < -0.3 is 9.72 Å². The SMILES string of the molecule is CCCOC(=O)c1ccc2[nH]c(C)c(CN3CC4(C)CC3CC(C)(C)C4)c(=O)c2c1. The average Bonchev–Trinajstić information content (AvgIpc) is 2.90. The van der Waals surface area contributed by atoms with Crippen molar-refractivity contribution in [2.24, 2.45) is 10.8 Å². The molecule has 2 unspecified atom stereocenters. The maximum Gasteiger partial charge on any atom is 0.338 e. The van der Waals surface area contributed by atoms with Crippen LogP contribution in [0.1, 0.15) is 75.0 Å². The Kier molecular flexibility index (Phi) is 5.29. The predicted molar refractivity (Wildman–Crippen MR) is 120 cm³/mol. The number of nitrogens with zero attached hydrogens (tertiary/aromatic N) is 1. The van der Waals surface area contributed by atoms with Crippen LogP contribution in [0, 0.1) is 17.8 Å². The number of hydrogen-bond acceptors (Lipinski definition) is 4. The molecule has 0 amide bonds. The molecule has 1 N–H and O–H groups in total. The highest BCUT2D eigenvalue weighted by atomic mass is 16.5. The van der Waals surface area contributed by atoms with Gasteiger partial charge in [-0.3, -0.25) is 9.69 Å². The second kappa shape index (κ2) is 7.52. The highest BCUT2D eigenvalue weighted by Gasteiger charge is 2.49. The summed E-state index contributed by atoms with van der Waals surface area (Å²) in [5, 5.41) is 0.565. The maximum atomic E-state index is 13.4. The molecule has 30 heavy (non-hydrogen) atoms. The maximum absolute atomic E-state index is 13.4. The second-order valence-corrected chi connectivity index (χ2v) is 10.6. The monoisotopic (exact) mass is 410 g/mol. The zero-order chi connectivity index (χ0) is 21.7. The first-order chi connectivity index (χ1) is 14.1. The standard InChI is InChI=1S/C25H34N2O3/c1-6-9-30-23(29)17-7-8-21-19(10-17)22(28)20(16(2)26-21)13-27-15-25(5)12-18(27)11-24(3,4)14-25/h7-8,10,18H,6,9,11-15H2,1-5H3,(H,26,28). The van der Waals surface area contributed by atoms with Gasteiger partial charge in [-0.15, -0.1) is 0 Å². The van der Waals surface area contributed by atoms with Gasteiger partial charge in [0.25, 0.3) is 0 Å². The Morgan fingerprint density at radius 3 is 2.77 bits per heavy atom. The van der Waals surface area contributed by atoms with Crippen LogP contribution < -0.4 is 5.43 Å². The van der Waals surface area contributed by atoms with Gasteiger partial charge in [0.1, 0.15) is 0 Å². The molecule has 1 aromatic heterocycles. The molecule has 0 radical (unpaired) electrons. The van der Waals surface area contributed by atoms with Crippen LogP contribution in [0.4, 0.5) is 0 Å². The van der Waals surface area contributed by atoms with Gasteiger partial charge in [-0.1, -0.05) is 27.7 Å². The molecule has 1 aliphatic carbocycles. The van der Waals surface area contributed by atoms with Crippen LogP contribution in [-0.4, -0.2) is 35.0 Å². The summed E-state index contributed by atoms with van der Waals surface area (Å²) in [4.78, 5) is 31.6. The van der Waals surface area contributed by atoms with Gasteiger partial charge in [-0.05, 0) is 61.6 Å². The van der Waals surface area contributed by atoms with Gasteiger partial charge in [-0.2, -0.15) is 0 Å². The third kappa shape index (κ3) is 3.92. The minimum absolute atomic E-state index is 0.0252. The molecule has 1 saturated heterocycles. The van der Waals surface area contributed by atoms with Crippen molar-refractivity contribution < 1.29 is 9.53 Å². The number of ether oxygens (including phenoxy) is 1. The fourth-order valence-corrected chi connectivity index (χ4v) is 6.01. The molecule has 2 aliphatic rings. The van der Waals surface area contributed by atoms with E-state index in [1.807, 2.05) is 19.9 Å². The largest absolute Gasteiger partial charge is 0.462 e. The lowest BCUT2D eigenvalue weighted by molar-refractivity contribution is 0.0505. The molecule has 4 rings (SSSR count). The Morgan fingerprint density at radius 1 is 1.27 bits per heavy atom. The van der Waals surface area contributed by atoms with Crippen molar-refractivity contribution >= 4 is 16.9 Å². The molecule has 0 spiro atoms. The number of nitrogens with one attached hydrogen (secondary N) is 1. The molecule has 2 heterocycles. The van der Waals surface area contributed by atoms with Crippen molar-refractivity contribution in [1.82, 2.24) is 9.88 Å². The first kappa shape index (κ1) is 21.1. The van der Waals surface area contributed by atoms with E-state index in [-0.39, 0.29) is 11.4 Å². The Hall–Kier alpha value is -2.14. The third-order valence-corrected chi connectivity index (χ3v) is 6.87. The molecule has 2 bridgehead atoms. The number of esters is 1. The lowest BCUT2D eigenvalue weighted by Gasteiger charge is -2.40. The van der Waals surface area contributed by atoms with E-state index in [4.69, 9.17) is 4.74 Å². The number of pyridine rings is 1. The number of aromatic amines is 1. The molecule has 1 saturated carbocycles. The van der Waals surface area contributed by atoms with Crippen molar-refractivity contribution in [2.75, 3.05) is 13.2 Å². The van der Waals surface area contributed by atoms with E-state index in [1.165, 1.54) is 19.3 Å². The van der Waals surface area contributed by atoms with Crippen molar-refractivity contribution in [1.29, 1.82) is 0 Å². The Morgan fingerprint density at radius 2 is 2.03 bits per heavy atom. The third-order valence-electron chi connectivity index (χ3n) is 6.87. The Bertz CT molecular complexity index is 1040. The zero-order valence-corrected chi connectivity index (χ0v) is 18.9. The van der Waals surface area contributed by atoms with Crippen molar-refractivity contribution in [3.63, 3.8) is 0 Å². The molecule has 2 atom stereocenters. The average molecular weight is 411 g/mol. The molecule has 5 heteroatoms. The van der Waals surface area contributed by atoms with Crippen LogP contribution in [0.25, 0.3) is 10.9 Å². The van der Waals surface area contributed by atoms with Gasteiger partial charge in [-0.25, -0.2) is 4.79 Å². The van der Waals surface area contributed by atoms with E-state index in [2.05, 4.69) is 30.7 Å². The molecular formula is C25H34N2O3. The van der Waals surface area contributed by atoms with Crippen LogP contribution in [-0.2, 0) is 11.3 Å². The van der Waals surface area contributed by atoms with E-state index in [0.717, 1.165) is 29.7 Å². The molecule has 1 aromatic carbocycles. The number of carbonyl (C=O) groups excluding carboxylic acids is 1. The molecule has 2 aromatic rings. The van der Waals surface area contributed by atoms with Gasteiger partial charge in [0.05, 0.1) is 12.2 Å². The summed E-state index contributed by atoms with van der Waals surface area (Å²) in [6, 6.07) is 5.75. The predicted octanol–water partition coefficient (Wildman–Crippen LogP) is 4.80. The first-order valence-electron chi connectivity index (χ1n) is 11.2. The summed E-state index contributed by atoms with van der Waals surface area (Å²) in [5.41, 5.74) is 3.64. The number of rotatable bonds is 5. The number of aromatic nitrogens is 1. The van der Waals surface area contributed by atoms with E-state index >= 15 is 0 Å². The topological polar surface area (TPSA) is 62.4 Å². The number of likely N-dealkylation sites (tertiary alicyclic amines) is 1. The zero-order valence-electron chi connectivity index (χ0n) is 18.9. The number of fused-ring (bicyclic) bond motifs is 3. The van der Waals surface area contributed by atoms with Crippen LogP contribution in [0.15, 0.2) is 23.0 Å². The van der Waals surface area contributed by atoms with E-state index in [0.29, 0.717) is 41.0 Å². The lowest BCUT2D eigenvalue weighted by Crippen LogP contribution is -2.35. The number of aryl methyl sites for hydroxylation is 1. The van der Waals surface area contributed by atoms with E-state index in [1.54, 1.807) is 12.1 Å². The fraction of sp³-hybridized carbons (Fsp3) is 0.600. The lowest BCUT2D eigenvalue weighted by atomic mass is 9.65. The molecule has 2 fully saturated rings. The van der Waals surface area contributed by atoms with Crippen LogP contribution in [0.5, 0.6) is 0 Å². The van der Waals surface area contributed by atoms with Crippen molar-refractivity contribution in [2.45, 2.75) is 72.9 Å². The van der Waals surface area contributed by atoms with Gasteiger partial charge in [0.15, 0.2) is 5.43 Å².